The van der Waals surface area contributed by atoms with Gasteiger partial charge in [0.05, 0.1) is 34.4 Å². The van der Waals surface area contributed by atoms with Gasteiger partial charge in [-0.1, -0.05) is 35.3 Å². The van der Waals surface area contributed by atoms with Crippen molar-refractivity contribution in [3.63, 3.8) is 0 Å². The summed E-state index contributed by atoms with van der Waals surface area (Å²) in [6.07, 6.45) is 3.07. The topological polar surface area (TPSA) is 38.0 Å². The van der Waals surface area contributed by atoms with E-state index in [4.69, 9.17) is 23.2 Å². The molecule has 90 valence electrons. The normalized spacial score (nSPS) is 12.7. The van der Waals surface area contributed by atoms with Gasteiger partial charge in [0.2, 0.25) is 0 Å². The lowest BCUT2D eigenvalue weighted by Gasteiger charge is -2.12. The lowest BCUT2D eigenvalue weighted by Crippen LogP contribution is -2.07. The second-order valence-corrected chi connectivity index (χ2v) is 4.65. The van der Waals surface area contributed by atoms with Crippen molar-refractivity contribution in [3.05, 3.63) is 52.0 Å². The van der Waals surface area contributed by atoms with Crippen LogP contribution < -0.4 is 0 Å². The number of hydrogen-bond acceptors (Lipinski definition) is 2. The Balaban J connectivity index is 2.22. The zero-order valence-electron chi connectivity index (χ0n) is 9.27. The molecule has 3 nitrogen and oxygen atoms in total. The van der Waals surface area contributed by atoms with E-state index in [1.54, 1.807) is 23.2 Å². The number of imidazole rings is 1. The summed E-state index contributed by atoms with van der Waals surface area (Å²) < 4.78 is 1.78. The maximum atomic E-state index is 10.1. The van der Waals surface area contributed by atoms with E-state index >= 15 is 0 Å². The van der Waals surface area contributed by atoms with Crippen LogP contribution in [0.25, 0.3) is 0 Å². The van der Waals surface area contributed by atoms with Gasteiger partial charge < -0.3 is 9.67 Å². The standard InChI is InChI=1S/C12H12Cl2N2O/c1-16-7-15-6-10(16)11(17)5-8-3-2-4-9(13)12(8)14/h2-4,6-7,11,17H,5H2,1H3. The third kappa shape index (κ3) is 2.63. The molecule has 0 bridgehead atoms. The molecule has 1 aromatic carbocycles. The molecule has 5 heteroatoms. The molecule has 0 fully saturated rings. The minimum absolute atomic E-state index is 0.416. The van der Waals surface area contributed by atoms with Crippen molar-refractivity contribution in [1.82, 2.24) is 9.55 Å². The van der Waals surface area contributed by atoms with Crippen LogP contribution in [0.15, 0.2) is 30.7 Å². The van der Waals surface area contributed by atoms with E-state index in [1.807, 2.05) is 19.2 Å². The van der Waals surface area contributed by atoms with Crippen molar-refractivity contribution >= 4 is 23.2 Å². The van der Waals surface area contributed by atoms with Crippen LogP contribution in [0.1, 0.15) is 17.4 Å². The van der Waals surface area contributed by atoms with Crippen LogP contribution in [0.4, 0.5) is 0 Å². The Bertz CT molecular complexity index is 525. The minimum Gasteiger partial charge on any atom is -0.386 e. The van der Waals surface area contributed by atoms with E-state index < -0.39 is 6.10 Å². The van der Waals surface area contributed by atoms with E-state index in [9.17, 15) is 5.11 Å². The van der Waals surface area contributed by atoms with Crippen LogP contribution >= 0.6 is 23.2 Å². The molecule has 0 aliphatic carbocycles. The molecule has 2 aromatic rings. The first-order chi connectivity index (χ1) is 8.09. The number of aryl methyl sites for hydroxylation is 1. The summed E-state index contributed by atoms with van der Waals surface area (Å²) in [4.78, 5) is 3.97. The van der Waals surface area contributed by atoms with Crippen LogP contribution in [0, 0.1) is 0 Å². The van der Waals surface area contributed by atoms with Crippen molar-refractivity contribution in [2.75, 3.05) is 0 Å². The molecule has 0 aliphatic rings. The minimum atomic E-state index is -0.640. The van der Waals surface area contributed by atoms with Gasteiger partial charge in [-0.25, -0.2) is 4.98 Å². The van der Waals surface area contributed by atoms with Crippen molar-refractivity contribution < 1.29 is 5.11 Å². The van der Waals surface area contributed by atoms with Gasteiger partial charge in [-0.3, -0.25) is 0 Å². The van der Waals surface area contributed by atoms with E-state index in [0.717, 1.165) is 11.3 Å². The fourth-order valence-electron chi connectivity index (χ4n) is 1.71. The van der Waals surface area contributed by atoms with E-state index in [2.05, 4.69) is 4.98 Å². The Morgan fingerprint density at radius 2 is 2.18 bits per heavy atom. The van der Waals surface area contributed by atoms with Crippen molar-refractivity contribution in [3.8, 4) is 0 Å². The SMILES string of the molecule is Cn1cncc1C(O)Cc1cccc(Cl)c1Cl. The molecule has 1 atom stereocenters. The predicted molar refractivity (Wildman–Crippen MR) is 68.3 cm³/mol. The molecule has 1 unspecified atom stereocenters. The smallest absolute Gasteiger partial charge is 0.0996 e. The number of aromatic nitrogens is 2. The molecule has 0 amide bonds. The van der Waals surface area contributed by atoms with Gasteiger partial charge in [0.1, 0.15) is 0 Å². The van der Waals surface area contributed by atoms with Crippen LogP contribution in [0.5, 0.6) is 0 Å². The molecule has 1 aromatic heterocycles. The summed E-state index contributed by atoms with van der Waals surface area (Å²) in [6, 6.07) is 5.40. The number of hydrogen-bond donors (Lipinski definition) is 1. The Labute approximate surface area is 110 Å². The third-order valence-electron chi connectivity index (χ3n) is 2.64. The number of halogens is 2. The number of rotatable bonds is 3. The molecule has 2 rings (SSSR count). The molecule has 1 heterocycles. The number of nitrogens with zero attached hydrogens (tertiary/aromatic N) is 2. The van der Waals surface area contributed by atoms with Crippen LogP contribution in [0.2, 0.25) is 10.0 Å². The van der Waals surface area contributed by atoms with Gasteiger partial charge in [-0.05, 0) is 11.6 Å². The second kappa shape index (κ2) is 5.08. The summed E-state index contributed by atoms with van der Waals surface area (Å²) in [5, 5.41) is 11.1. The Hall–Kier alpha value is -1.03. The van der Waals surface area contributed by atoms with E-state index in [-0.39, 0.29) is 0 Å². The van der Waals surface area contributed by atoms with Gasteiger partial charge >= 0.3 is 0 Å². The maximum Gasteiger partial charge on any atom is 0.0996 e. The molecule has 17 heavy (non-hydrogen) atoms. The summed E-state index contributed by atoms with van der Waals surface area (Å²) in [6.45, 7) is 0. The fraction of sp³-hybridized carbons (Fsp3) is 0.250. The second-order valence-electron chi connectivity index (χ2n) is 3.86. The molecular formula is C12H12Cl2N2O. The number of aliphatic hydroxyl groups is 1. The predicted octanol–water partition coefficient (Wildman–Crippen LogP) is 3.00. The summed E-state index contributed by atoms with van der Waals surface area (Å²) >= 11 is 12.0. The van der Waals surface area contributed by atoms with Gasteiger partial charge in [0, 0.05) is 13.5 Å². The van der Waals surface area contributed by atoms with Crippen LogP contribution in [-0.4, -0.2) is 14.7 Å². The van der Waals surface area contributed by atoms with Crippen LogP contribution in [-0.2, 0) is 13.5 Å². The monoisotopic (exact) mass is 270 g/mol. The lowest BCUT2D eigenvalue weighted by atomic mass is 10.1. The molecule has 1 N–H and O–H groups in total. The zero-order chi connectivity index (χ0) is 12.4. The van der Waals surface area contributed by atoms with Crippen molar-refractivity contribution in [2.45, 2.75) is 12.5 Å². The number of aliphatic hydroxyl groups excluding tert-OH is 1. The quantitative estimate of drug-likeness (QED) is 0.931. The fourth-order valence-corrected chi connectivity index (χ4v) is 2.10. The molecule has 0 spiro atoms. The molecule has 0 saturated heterocycles. The van der Waals surface area contributed by atoms with Crippen molar-refractivity contribution in [2.24, 2.45) is 7.05 Å². The van der Waals surface area contributed by atoms with Gasteiger partial charge in [0.25, 0.3) is 0 Å². The van der Waals surface area contributed by atoms with Crippen LogP contribution in [0.3, 0.4) is 0 Å². The average molecular weight is 271 g/mol. The highest BCUT2D eigenvalue weighted by Crippen LogP contribution is 2.28. The summed E-state index contributed by atoms with van der Waals surface area (Å²) in [5.41, 5.74) is 1.58. The van der Waals surface area contributed by atoms with E-state index in [0.29, 0.717) is 16.5 Å². The first-order valence-electron chi connectivity index (χ1n) is 5.16. The average Bonchev–Trinajstić information content (AvgIpc) is 2.71. The van der Waals surface area contributed by atoms with E-state index in [1.165, 1.54) is 0 Å². The lowest BCUT2D eigenvalue weighted by molar-refractivity contribution is 0.170. The van der Waals surface area contributed by atoms with Gasteiger partial charge in [-0.15, -0.1) is 0 Å². The van der Waals surface area contributed by atoms with Gasteiger partial charge in [-0.2, -0.15) is 0 Å². The number of benzene rings is 1. The summed E-state index contributed by atoms with van der Waals surface area (Å²) in [7, 11) is 1.84. The third-order valence-corrected chi connectivity index (χ3v) is 3.50. The highest BCUT2D eigenvalue weighted by molar-refractivity contribution is 6.42. The Kier molecular flexibility index (Phi) is 3.72. The molecular weight excluding hydrogens is 259 g/mol. The highest BCUT2D eigenvalue weighted by atomic mass is 35.5. The zero-order valence-corrected chi connectivity index (χ0v) is 10.8. The summed E-state index contributed by atoms with van der Waals surface area (Å²) in [5.74, 6) is 0. The molecule has 0 radical (unpaired) electrons. The Morgan fingerprint density at radius 3 is 2.82 bits per heavy atom. The first-order valence-corrected chi connectivity index (χ1v) is 5.92. The van der Waals surface area contributed by atoms with Crippen molar-refractivity contribution in [1.29, 1.82) is 0 Å². The largest absolute Gasteiger partial charge is 0.386 e. The van der Waals surface area contributed by atoms with Gasteiger partial charge in [0.15, 0.2) is 0 Å². The maximum absolute atomic E-state index is 10.1. The molecule has 0 aliphatic heterocycles. The first kappa shape index (κ1) is 12.4. The molecule has 0 saturated carbocycles. The highest BCUT2D eigenvalue weighted by Gasteiger charge is 2.14. The Morgan fingerprint density at radius 1 is 1.41 bits per heavy atom.